The predicted molar refractivity (Wildman–Crippen MR) is 108 cm³/mol. The number of benzene rings is 1. The molecular weight excluding hydrogens is 384 g/mol. The zero-order chi connectivity index (χ0) is 17.1. The Bertz CT molecular complexity index is 636. The lowest BCUT2D eigenvalue weighted by Gasteiger charge is -2.12. The summed E-state index contributed by atoms with van der Waals surface area (Å²) in [5.74, 6) is -0.109. The second-order valence-electron chi connectivity index (χ2n) is 5.11. The number of rotatable bonds is 6. The van der Waals surface area contributed by atoms with Gasteiger partial charge in [-0.2, -0.15) is 0 Å². The van der Waals surface area contributed by atoms with Gasteiger partial charge in [-0.05, 0) is 24.3 Å². The van der Waals surface area contributed by atoms with Crippen LogP contribution in [0.1, 0.15) is 0 Å². The van der Waals surface area contributed by atoms with Gasteiger partial charge in [0, 0.05) is 24.5 Å². The summed E-state index contributed by atoms with van der Waals surface area (Å²) in [5, 5.41) is 11.3. The number of thioether (sulfide) groups is 2. The van der Waals surface area contributed by atoms with Crippen LogP contribution in [0.25, 0.3) is 0 Å². The third kappa shape index (κ3) is 4.38. The van der Waals surface area contributed by atoms with Gasteiger partial charge in [0.15, 0.2) is 0 Å². The molecule has 2 amide bonds. The minimum absolute atomic E-state index is 0.0546. The average Bonchev–Trinajstić information content (AvgIpc) is 3.04. The van der Waals surface area contributed by atoms with Crippen molar-refractivity contribution in [3.63, 3.8) is 0 Å². The van der Waals surface area contributed by atoms with E-state index >= 15 is 0 Å². The SMILES string of the molecule is O=C1NC(=S)S[C@H]1CNc1ccc(NC[C@@H]2SC(=S)NC2=O)cc1. The molecule has 10 heteroatoms. The highest BCUT2D eigenvalue weighted by Crippen LogP contribution is 2.22. The molecule has 2 heterocycles. The van der Waals surface area contributed by atoms with Crippen molar-refractivity contribution in [2.45, 2.75) is 10.5 Å². The first-order valence-corrected chi connectivity index (χ1v) is 9.69. The molecule has 2 aliphatic heterocycles. The fourth-order valence-corrected chi connectivity index (χ4v) is 4.58. The van der Waals surface area contributed by atoms with E-state index in [0.717, 1.165) is 11.4 Å². The quantitative estimate of drug-likeness (QED) is 0.538. The average molecular weight is 399 g/mol. The maximum atomic E-state index is 11.6. The van der Waals surface area contributed by atoms with Crippen LogP contribution in [0.15, 0.2) is 24.3 Å². The van der Waals surface area contributed by atoms with Crippen LogP contribution in [0.3, 0.4) is 0 Å². The number of nitrogens with one attached hydrogen (secondary N) is 4. The molecule has 0 unspecified atom stereocenters. The summed E-state index contributed by atoms with van der Waals surface area (Å²) in [7, 11) is 0. The van der Waals surface area contributed by atoms with E-state index in [1.54, 1.807) is 0 Å². The molecule has 0 aliphatic carbocycles. The van der Waals surface area contributed by atoms with Gasteiger partial charge in [-0.15, -0.1) is 0 Å². The van der Waals surface area contributed by atoms with Crippen molar-refractivity contribution in [1.29, 1.82) is 0 Å². The number of carbonyl (C=O) groups excluding carboxylic acids is 2. The molecule has 3 rings (SSSR count). The molecule has 2 fully saturated rings. The van der Waals surface area contributed by atoms with Gasteiger partial charge in [-0.3, -0.25) is 9.59 Å². The van der Waals surface area contributed by atoms with E-state index in [9.17, 15) is 9.59 Å². The minimum atomic E-state index is -0.197. The van der Waals surface area contributed by atoms with Crippen molar-refractivity contribution >= 4 is 79.8 Å². The third-order valence-corrected chi connectivity index (χ3v) is 6.15. The zero-order valence-electron chi connectivity index (χ0n) is 12.3. The summed E-state index contributed by atoms with van der Waals surface area (Å²) in [5.41, 5.74) is 1.84. The molecule has 0 bridgehead atoms. The molecule has 6 nitrogen and oxygen atoms in total. The second-order valence-corrected chi connectivity index (χ2v) is 8.86. The second kappa shape index (κ2) is 7.68. The number of thiocarbonyl (C=S) groups is 2. The summed E-state index contributed by atoms with van der Waals surface area (Å²) >= 11 is 12.7. The van der Waals surface area contributed by atoms with Crippen LogP contribution < -0.4 is 21.3 Å². The number of hydrogen-bond acceptors (Lipinski definition) is 8. The maximum absolute atomic E-state index is 11.6. The molecule has 1 aromatic rings. The Labute approximate surface area is 158 Å². The largest absolute Gasteiger partial charge is 0.383 e. The van der Waals surface area contributed by atoms with Crippen molar-refractivity contribution in [3.8, 4) is 0 Å². The molecule has 0 saturated carbocycles. The summed E-state index contributed by atoms with van der Waals surface area (Å²) in [4.78, 5) is 23.2. The van der Waals surface area contributed by atoms with E-state index in [2.05, 4.69) is 21.3 Å². The summed E-state index contributed by atoms with van der Waals surface area (Å²) in [6.45, 7) is 1.03. The lowest BCUT2D eigenvalue weighted by atomic mass is 10.2. The molecule has 0 aromatic heterocycles. The molecule has 2 atom stereocenters. The van der Waals surface area contributed by atoms with Gasteiger partial charge in [0.05, 0.1) is 0 Å². The van der Waals surface area contributed by atoms with E-state index in [1.807, 2.05) is 24.3 Å². The Hall–Kier alpha value is -1.36. The minimum Gasteiger partial charge on any atom is -0.383 e. The molecule has 0 spiro atoms. The number of amides is 2. The van der Waals surface area contributed by atoms with Gasteiger partial charge in [-0.25, -0.2) is 0 Å². The van der Waals surface area contributed by atoms with Crippen LogP contribution in [0.2, 0.25) is 0 Å². The zero-order valence-corrected chi connectivity index (χ0v) is 15.6. The number of carbonyl (C=O) groups is 2. The van der Waals surface area contributed by atoms with Gasteiger partial charge in [0.25, 0.3) is 0 Å². The van der Waals surface area contributed by atoms with Crippen molar-refractivity contribution in [3.05, 3.63) is 24.3 Å². The molecule has 1 aromatic carbocycles. The molecular formula is C14H14N4O2S4. The van der Waals surface area contributed by atoms with E-state index in [4.69, 9.17) is 24.4 Å². The van der Waals surface area contributed by atoms with Crippen LogP contribution in [0, 0.1) is 0 Å². The normalized spacial score (nSPS) is 23.2. The van der Waals surface area contributed by atoms with Gasteiger partial charge in [0.2, 0.25) is 11.8 Å². The highest BCUT2D eigenvalue weighted by atomic mass is 32.2. The van der Waals surface area contributed by atoms with Gasteiger partial charge in [-0.1, -0.05) is 48.0 Å². The highest BCUT2D eigenvalue weighted by molar-refractivity contribution is 8.24. The molecule has 24 heavy (non-hydrogen) atoms. The van der Waals surface area contributed by atoms with Crippen LogP contribution in [-0.2, 0) is 9.59 Å². The van der Waals surface area contributed by atoms with E-state index < -0.39 is 0 Å². The van der Waals surface area contributed by atoms with Crippen LogP contribution in [0.5, 0.6) is 0 Å². The van der Waals surface area contributed by atoms with Gasteiger partial charge >= 0.3 is 0 Å². The van der Waals surface area contributed by atoms with Crippen molar-refractivity contribution in [2.75, 3.05) is 23.7 Å². The Kier molecular flexibility index (Phi) is 5.59. The Balaban J connectivity index is 1.47. The van der Waals surface area contributed by atoms with Crippen LogP contribution >= 0.6 is 48.0 Å². The molecule has 2 aliphatic rings. The fourth-order valence-electron chi connectivity index (χ4n) is 2.18. The van der Waals surface area contributed by atoms with Gasteiger partial charge < -0.3 is 21.3 Å². The third-order valence-electron chi connectivity index (χ3n) is 3.40. The first-order chi connectivity index (χ1) is 11.5. The molecule has 2 saturated heterocycles. The first-order valence-electron chi connectivity index (χ1n) is 7.12. The Morgan fingerprint density at radius 2 is 1.21 bits per heavy atom. The lowest BCUT2D eigenvalue weighted by molar-refractivity contribution is -0.119. The smallest absolute Gasteiger partial charge is 0.240 e. The van der Waals surface area contributed by atoms with Crippen molar-refractivity contribution < 1.29 is 9.59 Å². The standard InChI is InChI=1S/C14H14N4O2S4/c19-11-9(23-13(21)17-11)5-15-7-1-2-8(4-3-7)16-6-10-12(20)18-14(22)24-10/h1-4,9-10,15-16H,5-6H2,(H,17,19,21)(H,18,20,22)/t9-,10-/m0/s1. The summed E-state index contributed by atoms with van der Waals surface area (Å²) in [6, 6.07) is 7.69. The van der Waals surface area contributed by atoms with Crippen molar-refractivity contribution in [2.24, 2.45) is 0 Å². The highest BCUT2D eigenvalue weighted by Gasteiger charge is 2.29. The van der Waals surface area contributed by atoms with Gasteiger partial charge in [0.1, 0.15) is 19.1 Å². The van der Waals surface area contributed by atoms with E-state index in [0.29, 0.717) is 21.7 Å². The Morgan fingerprint density at radius 3 is 1.50 bits per heavy atom. The predicted octanol–water partition coefficient (Wildman–Crippen LogP) is 1.54. The Morgan fingerprint density at radius 1 is 0.833 bits per heavy atom. The van der Waals surface area contributed by atoms with Crippen molar-refractivity contribution in [1.82, 2.24) is 10.6 Å². The van der Waals surface area contributed by atoms with Crippen LogP contribution in [0.4, 0.5) is 11.4 Å². The number of anilines is 2. The van der Waals surface area contributed by atoms with Crippen LogP contribution in [-0.4, -0.2) is 44.0 Å². The maximum Gasteiger partial charge on any atom is 0.240 e. The first kappa shape index (κ1) is 17.5. The number of hydrogen-bond donors (Lipinski definition) is 4. The molecule has 126 valence electrons. The van der Waals surface area contributed by atoms with E-state index in [-0.39, 0.29) is 22.3 Å². The molecule has 0 radical (unpaired) electrons. The lowest BCUT2D eigenvalue weighted by Crippen LogP contribution is -2.29. The monoisotopic (exact) mass is 398 g/mol. The van der Waals surface area contributed by atoms with E-state index in [1.165, 1.54) is 23.5 Å². The molecule has 4 N–H and O–H groups in total. The fraction of sp³-hybridized carbons (Fsp3) is 0.286. The topological polar surface area (TPSA) is 82.3 Å². The summed E-state index contributed by atoms with van der Waals surface area (Å²) in [6.07, 6.45) is 0. The summed E-state index contributed by atoms with van der Waals surface area (Å²) < 4.78 is 1.05.